The number of nitrogens with zero attached hydrogens (tertiary/aromatic N) is 1. The second-order valence-corrected chi connectivity index (χ2v) is 7.77. The number of hydrogen-bond donors (Lipinski definition) is 1. The summed E-state index contributed by atoms with van der Waals surface area (Å²) in [5, 5.41) is 2.52. The van der Waals surface area contributed by atoms with Gasteiger partial charge in [0.2, 0.25) is 0 Å². The van der Waals surface area contributed by atoms with E-state index in [-0.39, 0.29) is 11.6 Å². The molecule has 1 aliphatic carbocycles. The zero-order valence-corrected chi connectivity index (χ0v) is 16.4. The van der Waals surface area contributed by atoms with Gasteiger partial charge in [-0.15, -0.1) is 0 Å². The van der Waals surface area contributed by atoms with Gasteiger partial charge in [0, 0.05) is 18.4 Å². The van der Waals surface area contributed by atoms with Crippen LogP contribution in [-0.2, 0) is 6.42 Å². The zero-order chi connectivity index (χ0) is 19.3. The van der Waals surface area contributed by atoms with Gasteiger partial charge < -0.3 is 4.52 Å². The van der Waals surface area contributed by atoms with Gasteiger partial charge in [0.05, 0.1) is 5.56 Å². The largest absolute Gasteiger partial charge is 0.383 e. The average molecular weight is 377 g/mol. The number of aromatic nitrogens is 1. The van der Waals surface area contributed by atoms with E-state index in [1.807, 2.05) is 0 Å². The van der Waals surface area contributed by atoms with Crippen LogP contribution in [0.1, 0.15) is 60.1 Å². The minimum Gasteiger partial charge on any atom is -0.383 e. The highest BCUT2D eigenvalue weighted by molar-refractivity contribution is 5.32. The molecular formula is C24H28N2O2. The first-order valence-electron chi connectivity index (χ1n) is 10.2. The third-order valence-electron chi connectivity index (χ3n) is 5.97. The quantitative estimate of drug-likeness (QED) is 0.639. The normalized spacial score (nSPS) is 16.5. The maximum atomic E-state index is 12.2. The highest BCUT2D eigenvalue weighted by Crippen LogP contribution is 2.33. The highest BCUT2D eigenvalue weighted by atomic mass is 16.5. The Hall–Kier alpha value is -2.59. The van der Waals surface area contributed by atoms with E-state index in [2.05, 4.69) is 77.8 Å². The van der Waals surface area contributed by atoms with Crippen LogP contribution in [0.3, 0.4) is 0 Å². The van der Waals surface area contributed by atoms with Crippen LogP contribution >= 0.6 is 0 Å². The molecule has 3 aromatic rings. The number of aromatic amines is 1. The lowest BCUT2D eigenvalue weighted by Gasteiger charge is -2.30. The lowest BCUT2D eigenvalue weighted by Crippen LogP contribution is -2.31. The number of rotatable bonds is 7. The second kappa shape index (κ2) is 8.61. The summed E-state index contributed by atoms with van der Waals surface area (Å²) in [7, 11) is 2.13. The third-order valence-corrected chi connectivity index (χ3v) is 5.97. The molecule has 0 saturated carbocycles. The van der Waals surface area contributed by atoms with Gasteiger partial charge in [-0.2, -0.15) is 5.16 Å². The Bertz CT molecular complexity index is 890. The first-order valence-corrected chi connectivity index (χ1v) is 10.2. The molecule has 0 unspecified atom stereocenters. The number of nitrogens with one attached hydrogen (secondary N) is 1. The van der Waals surface area contributed by atoms with Crippen molar-refractivity contribution >= 4 is 0 Å². The van der Waals surface area contributed by atoms with Crippen molar-refractivity contribution in [3.63, 3.8) is 0 Å². The van der Waals surface area contributed by atoms with Gasteiger partial charge in [0.1, 0.15) is 5.76 Å². The molecule has 28 heavy (non-hydrogen) atoms. The van der Waals surface area contributed by atoms with Gasteiger partial charge in [-0.05, 0) is 50.4 Å². The van der Waals surface area contributed by atoms with Gasteiger partial charge in [-0.25, -0.2) is 0 Å². The summed E-state index contributed by atoms with van der Waals surface area (Å²) in [5.41, 5.74) is 3.51. The molecular weight excluding hydrogens is 348 g/mol. The van der Waals surface area contributed by atoms with Gasteiger partial charge in [0.25, 0.3) is 5.56 Å². The van der Waals surface area contributed by atoms with Crippen LogP contribution in [0.2, 0.25) is 0 Å². The topological polar surface area (TPSA) is 49.2 Å². The molecule has 2 aromatic carbocycles. The molecule has 0 radical (unpaired) electrons. The summed E-state index contributed by atoms with van der Waals surface area (Å²) >= 11 is 0. The number of hydrogen-bond acceptors (Lipinski definition) is 3. The Morgan fingerprint density at radius 1 is 1.07 bits per heavy atom. The summed E-state index contributed by atoms with van der Waals surface area (Å²) < 4.78 is 5.36. The van der Waals surface area contributed by atoms with E-state index in [0.29, 0.717) is 5.92 Å². The Kier molecular flexibility index (Phi) is 5.77. The van der Waals surface area contributed by atoms with E-state index in [1.165, 1.54) is 11.1 Å². The lowest BCUT2D eigenvalue weighted by atomic mass is 9.87. The Morgan fingerprint density at radius 3 is 2.36 bits per heavy atom. The monoisotopic (exact) mass is 376 g/mol. The van der Waals surface area contributed by atoms with Crippen molar-refractivity contribution in [2.24, 2.45) is 0 Å². The van der Waals surface area contributed by atoms with Crippen LogP contribution in [0.25, 0.3) is 0 Å². The molecule has 4 rings (SSSR count). The molecule has 0 bridgehead atoms. The van der Waals surface area contributed by atoms with E-state index in [9.17, 15) is 4.79 Å². The molecule has 1 aliphatic rings. The average Bonchev–Trinajstić information content (AvgIpc) is 3.13. The minimum absolute atomic E-state index is 0.0574. The van der Waals surface area contributed by atoms with Crippen LogP contribution in [0.5, 0.6) is 0 Å². The summed E-state index contributed by atoms with van der Waals surface area (Å²) in [6.45, 7) is 0.963. The summed E-state index contributed by atoms with van der Waals surface area (Å²) in [6, 6.07) is 21.7. The second-order valence-electron chi connectivity index (χ2n) is 7.77. The molecule has 1 atom stereocenters. The predicted octanol–water partition coefficient (Wildman–Crippen LogP) is 4.89. The molecule has 0 fully saturated rings. The fourth-order valence-corrected chi connectivity index (χ4v) is 4.51. The Morgan fingerprint density at radius 2 is 1.71 bits per heavy atom. The summed E-state index contributed by atoms with van der Waals surface area (Å²) in [5.74, 6) is 1.24. The van der Waals surface area contributed by atoms with Gasteiger partial charge in [0.15, 0.2) is 0 Å². The van der Waals surface area contributed by atoms with Crippen LogP contribution in [0.15, 0.2) is 70.0 Å². The molecule has 0 amide bonds. The summed E-state index contributed by atoms with van der Waals surface area (Å²) in [4.78, 5) is 14.5. The molecule has 146 valence electrons. The number of aryl methyl sites for hydroxylation is 1. The Balaban J connectivity index is 1.44. The first kappa shape index (κ1) is 18.8. The fourth-order valence-electron chi connectivity index (χ4n) is 4.51. The number of benzene rings is 2. The van der Waals surface area contributed by atoms with Crippen molar-refractivity contribution in [1.82, 2.24) is 10.1 Å². The molecule has 0 spiro atoms. The molecule has 0 saturated heterocycles. The van der Waals surface area contributed by atoms with E-state index in [4.69, 9.17) is 4.52 Å². The first-order chi connectivity index (χ1) is 13.7. The fraction of sp³-hybridized carbons (Fsp3) is 0.375. The molecule has 1 aromatic heterocycles. The zero-order valence-electron chi connectivity index (χ0n) is 16.4. The molecule has 1 heterocycles. The van der Waals surface area contributed by atoms with Gasteiger partial charge >= 0.3 is 0 Å². The SMILES string of the molecule is CN(CCCC(c1ccccc1)c1ccccc1)[C@@H]1CCCc2o[nH]c(=O)c21. The van der Waals surface area contributed by atoms with Crippen molar-refractivity contribution in [3.05, 3.63) is 93.5 Å². The van der Waals surface area contributed by atoms with E-state index < -0.39 is 0 Å². The minimum atomic E-state index is -0.0574. The molecule has 4 nitrogen and oxygen atoms in total. The standard InChI is InChI=1S/C24H28N2O2/c1-26(21-15-8-16-22-23(21)24(27)25-28-22)17-9-14-20(18-10-4-2-5-11-18)19-12-6-3-7-13-19/h2-7,10-13,20-21H,8-9,14-17H2,1H3,(H,25,27)/t21-/m1/s1. The van der Waals surface area contributed by atoms with E-state index >= 15 is 0 Å². The Labute approximate surface area is 166 Å². The third kappa shape index (κ3) is 3.97. The van der Waals surface area contributed by atoms with Crippen molar-refractivity contribution in [3.8, 4) is 0 Å². The van der Waals surface area contributed by atoms with Crippen molar-refractivity contribution in [2.45, 2.75) is 44.1 Å². The maximum absolute atomic E-state index is 12.2. The number of H-pyrrole nitrogens is 1. The molecule has 0 aliphatic heterocycles. The van der Waals surface area contributed by atoms with E-state index in [0.717, 1.165) is 50.0 Å². The maximum Gasteiger partial charge on any atom is 0.284 e. The van der Waals surface area contributed by atoms with Crippen LogP contribution in [-0.4, -0.2) is 23.6 Å². The number of fused-ring (bicyclic) bond motifs is 1. The molecule has 1 N–H and O–H groups in total. The predicted molar refractivity (Wildman–Crippen MR) is 112 cm³/mol. The van der Waals surface area contributed by atoms with Crippen molar-refractivity contribution < 1.29 is 4.52 Å². The van der Waals surface area contributed by atoms with Crippen LogP contribution in [0.4, 0.5) is 0 Å². The van der Waals surface area contributed by atoms with Crippen molar-refractivity contribution in [1.29, 1.82) is 0 Å². The smallest absolute Gasteiger partial charge is 0.284 e. The van der Waals surface area contributed by atoms with Crippen LogP contribution in [0, 0.1) is 0 Å². The van der Waals surface area contributed by atoms with E-state index in [1.54, 1.807) is 0 Å². The van der Waals surface area contributed by atoms with Gasteiger partial charge in [-0.1, -0.05) is 60.7 Å². The van der Waals surface area contributed by atoms with Crippen LogP contribution < -0.4 is 5.56 Å². The lowest BCUT2D eigenvalue weighted by molar-refractivity contribution is 0.209. The highest BCUT2D eigenvalue weighted by Gasteiger charge is 2.29. The van der Waals surface area contributed by atoms with Crippen molar-refractivity contribution in [2.75, 3.05) is 13.6 Å². The summed E-state index contributed by atoms with van der Waals surface area (Å²) in [6.07, 6.45) is 5.11. The van der Waals surface area contributed by atoms with Gasteiger partial charge in [-0.3, -0.25) is 9.69 Å². The molecule has 4 heteroatoms.